The largest absolute Gasteiger partial charge is 0.387 e. The van der Waals surface area contributed by atoms with Crippen LogP contribution in [-0.2, 0) is 4.79 Å². The number of anilines is 1. The predicted molar refractivity (Wildman–Crippen MR) is 97.9 cm³/mol. The van der Waals surface area contributed by atoms with E-state index in [4.69, 9.17) is 0 Å². The van der Waals surface area contributed by atoms with Gasteiger partial charge in [0.05, 0.1) is 12.6 Å². The van der Waals surface area contributed by atoms with Gasteiger partial charge in [0.1, 0.15) is 0 Å². The van der Waals surface area contributed by atoms with E-state index in [0.29, 0.717) is 6.54 Å². The molecule has 0 aromatic heterocycles. The van der Waals surface area contributed by atoms with Crippen LogP contribution in [0.2, 0.25) is 0 Å². The van der Waals surface area contributed by atoms with Gasteiger partial charge in [-0.25, -0.2) is 0 Å². The van der Waals surface area contributed by atoms with Gasteiger partial charge in [0.2, 0.25) is 5.91 Å². The first-order valence-corrected chi connectivity index (χ1v) is 8.41. The molecule has 1 amide bonds. The van der Waals surface area contributed by atoms with Crippen LogP contribution >= 0.6 is 0 Å². The molecule has 0 aliphatic carbocycles. The van der Waals surface area contributed by atoms with E-state index < -0.39 is 6.10 Å². The third kappa shape index (κ3) is 5.48. The summed E-state index contributed by atoms with van der Waals surface area (Å²) in [5.74, 6) is -0.0574. The number of hydrogen-bond acceptors (Lipinski definition) is 3. The Labute approximate surface area is 144 Å². The zero-order chi connectivity index (χ0) is 17.4. The van der Waals surface area contributed by atoms with Crippen molar-refractivity contribution in [3.8, 4) is 0 Å². The van der Waals surface area contributed by atoms with Crippen LogP contribution in [0.3, 0.4) is 0 Å². The highest BCUT2D eigenvalue weighted by Gasteiger charge is 2.16. The van der Waals surface area contributed by atoms with Gasteiger partial charge in [-0.05, 0) is 37.1 Å². The molecule has 0 spiro atoms. The van der Waals surface area contributed by atoms with Crippen molar-refractivity contribution in [2.45, 2.75) is 26.4 Å². The number of aliphatic hydroxyl groups is 1. The van der Waals surface area contributed by atoms with Crippen LogP contribution in [0.4, 0.5) is 5.69 Å². The van der Waals surface area contributed by atoms with Crippen LogP contribution in [0.1, 0.15) is 30.6 Å². The van der Waals surface area contributed by atoms with Crippen LogP contribution in [0, 0.1) is 6.92 Å². The third-order valence-corrected chi connectivity index (χ3v) is 3.94. The van der Waals surface area contributed by atoms with Crippen LogP contribution in [0.5, 0.6) is 0 Å². The second-order valence-corrected chi connectivity index (χ2v) is 6.02. The molecule has 1 atom stereocenters. The number of nitrogens with zero attached hydrogens (tertiary/aromatic N) is 1. The van der Waals surface area contributed by atoms with E-state index in [1.165, 1.54) is 0 Å². The molecule has 1 unspecified atom stereocenters. The van der Waals surface area contributed by atoms with E-state index in [1.54, 1.807) is 0 Å². The van der Waals surface area contributed by atoms with Gasteiger partial charge >= 0.3 is 0 Å². The van der Waals surface area contributed by atoms with Crippen molar-refractivity contribution in [1.29, 1.82) is 0 Å². The fourth-order valence-electron chi connectivity index (χ4n) is 2.68. The molecule has 0 saturated carbocycles. The van der Waals surface area contributed by atoms with Gasteiger partial charge in [-0.3, -0.25) is 9.69 Å². The van der Waals surface area contributed by atoms with Crippen molar-refractivity contribution in [2.24, 2.45) is 0 Å². The summed E-state index contributed by atoms with van der Waals surface area (Å²) in [5.41, 5.74) is 2.75. The number of aryl methyl sites for hydroxylation is 1. The summed E-state index contributed by atoms with van der Waals surface area (Å²) in [5, 5.41) is 13.3. The first kappa shape index (κ1) is 18.2. The van der Waals surface area contributed by atoms with Crippen molar-refractivity contribution < 1.29 is 9.90 Å². The number of carbonyl (C=O) groups is 1. The maximum absolute atomic E-state index is 12.3. The minimum atomic E-state index is -0.594. The zero-order valence-corrected chi connectivity index (χ0v) is 14.4. The number of rotatable bonds is 8. The van der Waals surface area contributed by atoms with Crippen molar-refractivity contribution in [3.05, 3.63) is 65.7 Å². The molecule has 4 nitrogen and oxygen atoms in total. The maximum Gasteiger partial charge on any atom is 0.238 e. The highest BCUT2D eigenvalue weighted by molar-refractivity contribution is 5.92. The minimum Gasteiger partial charge on any atom is -0.387 e. The lowest BCUT2D eigenvalue weighted by Gasteiger charge is -2.24. The first-order chi connectivity index (χ1) is 11.6. The second kappa shape index (κ2) is 9.21. The Hall–Kier alpha value is -2.17. The van der Waals surface area contributed by atoms with Gasteiger partial charge in [-0.2, -0.15) is 0 Å². The van der Waals surface area contributed by atoms with Gasteiger partial charge in [0.25, 0.3) is 0 Å². The van der Waals surface area contributed by atoms with E-state index >= 15 is 0 Å². The number of benzene rings is 2. The highest BCUT2D eigenvalue weighted by atomic mass is 16.3. The number of carbonyl (C=O) groups excluding carboxylic acids is 1. The topological polar surface area (TPSA) is 52.6 Å². The standard InChI is InChI=1S/C20H26N2O2/c1-3-13-22(14-19(23)17-10-5-4-6-11-17)15-20(24)21-18-12-8-7-9-16(18)2/h4-12,19,23H,3,13-15H2,1-2H3,(H,21,24). The van der Waals surface area contributed by atoms with E-state index in [2.05, 4.69) is 12.2 Å². The minimum absolute atomic E-state index is 0.0574. The number of para-hydroxylation sites is 1. The van der Waals surface area contributed by atoms with Gasteiger partial charge in [-0.1, -0.05) is 55.5 Å². The van der Waals surface area contributed by atoms with Crippen molar-refractivity contribution in [2.75, 3.05) is 25.0 Å². The summed E-state index contributed by atoms with van der Waals surface area (Å²) in [7, 11) is 0. The molecule has 4 heteroatoms. The van der Waals surface area contributed by atoms with E-state index in [9.17, 15) is 9.90 Å². The SMILES string of the molecule is CCCN(CC(=O)Nc1ccccc1C)CC(O)c1ccccc1. The lowest BCUT2D eigenvalue weighted by Crippen LogP contribution is -2.36. The van der Waals surface area contributed by atoms with Gasteiger partial charge in [0, 0.05) is 12.2 Å². The van der Waals surface area contributed by atoms with Gasteiger partial charge in [0.15, 0.2) is 0 Å². The summed E-state index contributed by atoms with van der Waals surface area (Å²) in [6.45, 7) is 5.52. The average Bonchev–Trinajstić information content (AvgIpc) is 2.58. The second-order valence-electron chi connectivity index (χ2n) is 6.02. The number of nitrogens with one attached hydrogen (secondary N) is 1. The Morgan fingerprint density at radius 2 is 1.79 bits per heavy atom. The predicted octanol–water partition coefficient (Wildman–Crippen LogP) is 3.38. The smallest absolute Gasteiger partial charge is 0.238 e. The molecule has 128 valence electrons. The van der Waals surface area contributed by atoms with Gasteiger partial charge in [-0.15, -0.1) is 0 Å². The van der Waals surface area contributed by atoms with Crippen molar-refractivity contribution >= 4 is 11.6 Å². The molecule has 2 aromatic carbocycles. The molecule has 2 N–H and O–H groups in total. The molecule has 0 bridgehead atoms. The lowest BCUT2D eigenvalue weighted by molar-refractivity contribution is -0.117. The van der Waals surface area contributed by atoms with Crippen LogP contribution in [0.25, 0.3) is 0 Å². The molecule has 2 aromatic rings. The number of aliphatic hydroxyl groups excluding tert-OH is 1. The molecule has 0 aliphatic heterocycles. The Kier molecular flexibility index (Phi) is 6.97. The Balaban J connectivity index is 1.95. The Morgan fingerprint density at radius 1 is 1.12 bits per heavy atom. The molecule has 0 heterocycles. The molecule has 24 heavy (non-hydrogen) atoms. The van der Waals surface area contributed by atoms with E-state index in [1.807, 2.05) is 66.4 Å². The molecule has 0 saturated heterocycles. The van der Waals surface area contributed by atoms with Crippen LogP contribution in [-0.4, -0.2) is 35.5 Å². The van der Waals surface area contributed by atoms with Gasteiger partial charge < -0.3 is 10.4 Å². The fraction of sp³-hybridized carbons (Fsp3) is 0.350. The molecule has 2 rings (SSSR count). The summed E-state index contributed by atoms with van der Waals surface area (Å²) in [6, 6.07) is 17.3. The zero-order valence-electron chi connectivity index (χ0n) is 14.4. The summed E-state index contributed by atoms with van der Waals surface area (Å²) < 4.78 is 0. The molecule has 0 aliphatic rings. The highest BCUT2D eigenvalue weighted by Crippen LogP contribution is 2.15. The van der Waals surface area contributed by atoms with E-state index in [-0.39, 0.29) is 12.5 Å². The normalized spacial score (nSPS) is 12.2. The molecular weight excluding hydrogens is 300 g/mol. The lowest BCUT2D eigenvalue weighted by atomic mass is 10.1. The quantitative estimate of drug-likeness (QED) is 0.782. The van der Waals surface area contributed by atoms with Crippen molar-refractivity contribution in [3.63, 3.8) is 0 Å². The third-order valence-electron chi connectivity index (χ3n) is 3.94. The summed E-state index contributed by atoms with van der Waals surface area (Å²) >= 11 is 0. The number of hydrogen-bond donors (Lipinski definition) is 2. The summed E-state index contributed by atoms with van der Waals surface area (Å²) in [6.07, 6.45) is 0.336. The maximum atomic E-state index is 12.3. The molecular formula is C20H26N2O2. The van der Waals surface area contributed by atoms with E-state index in [0.717, 1.165) is 29.8 Å². The van der Waals surface area contributed by atoms with Crippen LogP contribution < -0.4 is 5.32 Å². The summed E-state index contributed by atoms with van der Waals surface area (Å²) in [4.78, 5) is 14.3. The molecule has 0 fully saturated rings. The fourth-order valence-corrected chi connectivity index (χ4v) is 2.68. The Morgan fingerprint density at radius 3 is 2.46 bits per heavy atom. The monoisotopic (exact) mass is 326 g/mol. The average molecular weight is 326 g/mol. The van der Waals surface area contributed by atoms with Crippen molar-refractivity contribution in [1.82, 2.24) is 4.90 Å². The van der Waals surface area contributed by atoms with Crippen LogP contribution in [0.15, 0.2) is 54.6 Å². The first-order valence-electron chi connectivity index (χ1n) is 8.41. The number of amides is 1. The molecule has 0 radical (unpaired) electrons. The Bertz CT molecular complexity index is 643.